The molecule has 0 saturated carbocycles. The minimum Gasteiger partial charge on any atom is -0.497 e. The highest BCUT2D eigenvalue weighted by molar-refractivity contribution is 5.89. The van der Waals surface area contributed by atoms with Gasteiger partial charge in [-0.05, 0) is 26.0 Å². The highest BCUT2D eigenvalue weighted by Crippen LogP contribution is 2.21. The van der Waals surface area contributed by atoms with Gasteiger partial charge in [-0.2, -0.15) is 0 Å². The Morgan fingerprint density at radius 3 is 2.77 bits per heavy atom. The van der Waals surface area contributed by atoms with E-state index in [1.54, 1.807) is 27.2 Å². The van der Waals surface area contributed by atoms with Crippen molar-refractivity contribution in [3.63, 3.8) is 0 Å². The van der Waals surface area contributed by atoms with Crippen LogP contribution >= 0.6 is 0 Å². The Balaban J connectivity index is 2.01. The number of nitrogens with one attached hydrogen (secondary N) is 2. The summed E-state index contributed by atoms with van der Waals surface area (Å²) in [5.74, 6) is 0.852. The average Bonchev–Trinajstić information content (AvgIpc) is 2.94. The molecule has 2 rings (SSSR count). The van der Waals surface area contributed by atoms with Crippen LogP contribution in [0.5, 0.6) is 5.75 Å². The summed E-state index contributed by atoms with van der Waals surface area (Å²) < 4.78 is 10.5. The first-order chi connectivity index (χ1) is 10.4. The fraction of sp³-hybridized carbons (Fsp3) is 0.400. The molecule has 1 aliphatic heterocycles. The van der Waals surface area contributed by atoms with Crippen molar-refractivity contribution in [2.75, 3.05) is 26.3 Å². The standard InChI is InChI=1S/C15H21N3O4/c1-15(2,17-11-6-5-7-12(8-11)20-3)14(19)16-13-9-18(21-4)10-22-13/h5-9,17H,10H2,1-4H3,(H,16,19). The van der Waals surface area contributed by atoms with E-state index < -0.39 is 5.54 Å². The number of hydrogen-bond acceptors (Lipinski definition) is 6. The van der Waals surface area contributed by atoms with Gasteiger partial charge in [0.15, 0.2) is 6.73 Å². The van der Waals surface area contributed by atoms with Gasteiger partial charge >= 0.3 is 0 Å². The predicted molar refractivity (Wildman–Crippen MR) is 81.7 cm³/mol. The van der Waals surface area contributed by atoms with Crippen LogP contribution in [0, 0.1) is 0 Å². The third-order valence-corrected chi connectivity index (χ3v) is 3.17. The minimum atomic E-state index is -0.836. The number of carbonyl (C=O) groups is 1. The number of nitrogens with zero attached hydrogens (tertiary/aromatic N) is 1. The number of ether oxygens (including phenoxy) is 2. The maximum Gasteiger partial charge on any atom is 0.251 e. The van der Waals surface area contributed by atoms with E-state index in [1.165, 1.54) is 12.2 Å². The van der Waals surface area contributed by atoms with Gasteiger partial charge in [-0.1, -0.05) is 6.07 Å². The zero-order chi connectivity index (χ0) is 16.2. The highest BCUT2D eigenvalue weighted by atomic mass is 16.7. The van der Waals surface area contributed by atoms with Crippen molar-refractivity contribution in [1.29, 1.82) is 0 Å². The van der Waals surface area contributed by atoms with Gasteiger partial charge in [0.25, 0.3) is 5.91 Å². The van der Waals surface area contributed by atoms with Crippen molar-refractivity contribution in [2.24, 2.45) is 0 Å². The SMILES string of the molecule is COc1cccc(NC(C)(C)C(=O)NC2=CN(OC)CO2)c1. The summed E-state index contributed by atoms with van der Waals surface area (Å²) in [5.41, 5.74) is -0.0452. The number of methoxy groups -OCH3 is 1. The van der Waals surface area contributed by atoms with Crippen LogP contribution in [0.3, 0.4) is 0 Å². The van der Waals surface area contributed by atoms with E-state index >= 15 is 0 Å². The van der Waals surface area contributed by atoms with Crippen LogP contribution in [-0.2, 0) is 14.4 Å². The monoisotopic (exact) mass is 307 g/mol. The Hall–Kier alpha value is -2.41. The molecule has 1 aromatic carbocycles. The molecule has 0 spiro atoms. The van der Waals surface area contributed by atoms with E-state index in [1.807, 2.05) is 24.3 Å². The Bertz CT molecular complexity index is 572. The van der Waals surface area contributed by atoms with Crippen molar-refractivity contribution < 1.29 is 19.1 Å². The second kappa shape index (κ2) is 6.57. The Labute approximate surface area is 129 Å². The highest BCUT2D eigenvalue weighted by Gasteiger charge is 2.29. The number of hydroxylamine groups is 2. The van der Waals surface area contributed by atoms with E-state index in [4.69, 9.17) is 14.3 Å². The van der Waals surface area contributed by atoms with Gasteiger partial charge in [0.1, 0.15) is 11.3 Å². The van der Waals surface area contributed by atoms with E-state index in [0.717, 1.165) is 11.4 Å². The summed E-state index contributed by atoms with van der Waals surface area (Å²) in [6.45, 7) is 3.81. The van der Waals surface area contributed by atoms with E-state index in [-0.39, 0.29) is 12.6 Å². The molecule has 1 aromatic rings. The number of carbonyl (C=O) groups excluding carboxylic acids is 1. The molecule has 0 aliphatic carbocycles. The average molecular weight is 307 g/mol. The molecule has 0 unspecified atom stereocenters. The lowest BCUT2D eigenvalue weighted by Gasteiger charge is -2.26. The first-order valence-corrected chi connectivity index (χ1v) is 6.83. The van der Waals surface area contributed by atoms with Crippen molar-refractivity contribution in [3.05, 3.63) is 36.3 Å². The first-order valence-electron chi connectivity index (χ1n) is 6.83. The van der Waals surface area contributed by atoms with E-state index in [2.05, 4.69) is 10.6 Å². The molecule has 0 atom stereocenters. The van der Waals surface area contributed by atoms with E-state index in [0.29, 0.717) is 5.88 Å². The summed E-state index contributed by atoms with van der Waals surface area (Å²) in [6, 6.07) is 7.39. The zero-order valence-electron chi connectivity index (χ0n) is 13.2. The molecule has 1 aliphatic rings. The molecule has 120 valence electrons. The predicted octanol–water partition coefficient (Wildman–Crippen LogP) is 1.65. The van der Waals surface area contributed by atoms with Crippen molar-refractivity contribution in [1.82, 2.24) is 10.4 Å². The van der Waals surface area contributed by atoms with Crippen molar-refractivity contribution in [2.45, 2.75) is 19.4 Å². The smallest absolute Gasteiger partial charge is 0.251 e. The third-order valence-electron chi connectivity index (χ3n) is 3.17. The molecule has 1 amide bonds. The molecule has 1 heterocycles. The molecule has 0 aromatic heterocycles. The number of benzene rings is 1. The van der Waals surface area contributed by atoms with Crippen molar-refractivity contribution >= 4 is 11.6 Å². The van der Waals surface area contributed by atoms with Gasteiger partial charge in [-0.25, -0.2) is 5.06 Å². The number of rotatable bonds is 6. The molecule has 0 bridgehead atoms. The lowest BCUT2D eigenvalue weighted by molar-refractivity contribution is -0.127. The summed E-state index contributed by atoms with van der Waals surface area (Å²) >= 11 is 0. The molecular formula is C15H21N3O4. The second-order valence-corrected chi connectivity index (χ2v) is 5.30. The normalized spacial score (nSPS) is 14.2. The molecule has 22 heavy (non-hydrogen) atoms. The Morgan fingerprint density at radius 2 is 2.14 bits per heavy atom. The quantitative estimate of drug-likeness (QED) is 0.832. The van der Waals surface area contributed by atoms with Gasteiger partial charge in [-0.3, -0.25) is 14.9 Å². The van der Waals surface area contributed by atoms with Crippen LogP contribution in [0.4, 0.5) is 5.69 Å². The maximum atomic E-state index is 12.4. The molecule has 0 fully saturated rings. The first kappa shape index (κ1) is 16.0. The molecule has 2 N–H and O–H groups in total. The summed E-state index contributed by atoms with van der Waals surface area (Å²) in [5, 5.41) is 7.36. The van der Waals surface area contributed by atoms with Gasteiger partial charge in [0.05, 0.1) is 20.4 Å². The second-order valence-electron chi connectivity index (χ2n) is 5.30. The Morgan fingerprint density at radius 1 is 1.36 bits per heavy atom. The van der Waals surface area contributed by atoms with Crippen LogP contribution < -0.4 is 15.4 Å². The largest absolute Gasteiger partial charge is 0.497 e. The minimum absolute atomic E-state index is 0.223. The van der Waals surface area contributed by atoms with Crippen LogP contribution in [0.1, 0.15) is 13.8 Å². The molecule has 7 heteroatoms. The number of amides is 1. The third kappa shape index (κ3) is 3.82. The molecule has 7 nitrogen and oxygen atoms in total. The summed E-state index contributed by atoms with van der Waals surface area (Å²) in [7, 11) is 3.13. The topological polar surface area (TPSA) is 72.1 Å². The molecular weight excluding hydrogens is 286 g/mol. The van der Waals surface area contributed by atoms with Crippen molar-refractivity contribution in [3.8, 4) is 5.75 Å². The number of hydrogen-bond donors (Lipinski definition) is 2. The summed E-state index contributed by atoms with van der Waals surface area (Å²) in [6.07, 6.45) is 1.58. The zero-order valence-corrected chi connectivity index (χ0v) is 13.2. The fourth-order valence-electron chi connectivity index (χ4n) is 1.90. The van der Waals surface area contributed by atoms with Gasteiger partial charge in [0.2, 0.25) is 5.88 Å². The molecule has 0 radical (unpaired) electrons. The molecule has 0 saturated heterocycles. The number of anilines is 1. The fourth-order valence-corrected chi connectivity index (χ4v) is 1.90. The van der Waals surface area contributed by atoms with Crippen LogP contribution in [0.15, 0.2) is 36.3 Å². The van der Waals surface area contributed by atoms with Gasteiger partial charge < -0.3 is 14.8 Å². The van der Waals surface area contributed by atoms with E-state index in [9.17, 15) is 4.79 Å². The van der Waals surface area contributed by atoms with Gasteiger partial charge in [-0.15, -0.1) is 0 Å². The lowest BCUT2D eigenvalue weighted by Crippen LogP contribution is -2.47. The summed E-state index contributed by atoms with van der Waals surface area (Å²) in [4.78, 5) is 17.4. The lowest BCUT2D eigenvalue weighted by atomic mass is 10.0. The van der Waals surface area contributed by atoms with Crippen LogP contribution in [0.25, 0.3) is 0 Å². The van der Waals surface area contributed by atoms with Gasteiger partial charge in [0, 0.05) is 11.8 Å². The maximum absolute atomic E-state index is 12.4. The van der Waals surface area contributed by atoms with Crippen LogP contribution in [-0.4, -0.2) is 37.5 Å². The van der Waals surface area contributed by atoms with Crippen LogP contribution in [0.2, 0.25) is 0 Å². The Kier molecular flexibility index (Phi) is 4.77.